The molecule has 2 rings (SSSR count). The molecule has 4 nitrogen and oxygen atoms in total. The SMILES string of the molecule is CCOc1ccc(CNC2CCC(C(N)=O)CC2)cc1. The number of hydrogen-bond acceptors (Lipinski definition) is 3. The van der Waals surface area contributed by atoms with Crippen LogP contribution in [-0.4, -0.2) is 18.6 Å². The second kappa shape index (κ2) is 7.29. The van der Waals surface area contributed by atoms with Gasteiger partial charge in [0.05, 0.1) is 6.61 Å². The number of nitrogens with two attached hydrogens (primary N) is 1. The Kier molecular flexibility index (Phi) is 5.41. The quantitative estimate of drug-likeness (QED) is 0.837. The highest BCUT2D eigenvalue weighted by atomic mass is 16.5. The number of hydrogen-bond donors (Lipinski definition) is 2. The van der Waals surface area contributed by atoms with Crippen molar-refractivity contribution in [1.82, 2.24) is 5.32 Å². The third-order valence-electron chi connectivity index (χ3n) is 3.96. The first-order valence-corrected chi connectivity index (χ1v) is 7.43. The van der Waals surface area contributed by atoms with Crippen LogP contribution in [0.2, 0.25) is 0 Å². The maximum Gasteiger partial charge on any atom is 0.220 e. The third kappa shape index (κ3) is 4.23. The molecule has 20 heavy (non-hydrogen) atoms. The lowest BCUT2D eigenvalue weighted by Crippen LogP contribution is -2.36. The predicted octanol–water partition coefficient (Wildman–Crippen LogP) is 2.22. The molecule has 4 heteroatoms. The Labute approximate surface area is 120 Å². The number of carbonyl (C=O) groups is 1. The van der Waals surface area contributed by atoms with Gasteiger partial charge < -0.3 is 15.8 Å². The summed E-state index contributed by atoms with van der Waals surface area (Å²) in [6.45, 7) is 3.54. The molecule has 110 valence electrons. The summed E-state index contributed by atoms with van der Waals surface area (Å²) in [6, 6.07) is 8.69. The molecule has 0 spiro atoms. The fourth-order valence-electron chi connectivity index (χ4n) is 2.71. The Balaban J connectivity index is 1.74. The van der Waals surface area contributed by atoms with E-state index in [4.69, 9.17) is 10.5 Å². The molecule has 0 aromatic heterocycles. The molecule has 0 unspecified atom stereocenters. The van der Waals surface area contributed by atoms with Crippen LogP contribution >= 0.6 is 0 Å². The van der Waals surface area contributed by atoms with E-state index < -0.39 is 0 Å². The van der Waals surface area contributed by atoms with Gasteiger partial charge in [-0.25, -0.2) is 0 Å². The van der Waals surface area contributed by atoms with Gasteiger partial charge in [-0.3, -0.25) is 4.79 Å². The zero-order chi connectivity index (χ0) is 14.4. The van der Waals surface area contributed by atoms with Gasteiger partial charge in [0.15, 0.2) is 0 Å². The molecule has 0 atom stereocenters. The second-order valence-corrected chi connectivity index (χ2v) is 5.41. The average molecular weight is 276 g/mol. The summed E-state index contributed by atoms with van der Waals surface area (Å²) < 4.78 is 5.43. The lowest BCUT2D eigenvalue weighted by molar-refractivity contribution is -0.122. The monoisotopic (exact) mass is 276 g/mol. The highest BCUT2D eigenvalue weighted by molar-refractivity contribution is 5.76. The van der Waals surface area contributed by atoms with Crippen LogP contribution in [-0.2, 0) is 11.3 Å². The summed E-state index contributed by atoms with van der Waals surface area (Å²) in [7, 11) is 0. The smallest absolute Gasteiger partial charge is 0.220 e. The fraction of sp³-hybridized carbons (Fsp3) is 0.562. The maximum atomic E-state index is 11.1. The molecule has 1 saturated carbocycles. The van der Waals surface area contributed by atoms with Gasteiger partial charge in [0.1, 0.15) is 5.75 Å². The van der Waals surface area contributed by atoms with Crippen molar-refractivity contribution in [2.75, 3.05) is 6.61 Å². The van der Waals surface area contributed by atoms with Gasteiger partial charge in [-0.05, 0) is 50.3 Å². The second-order valence-electron chi connectivity index (χ2n) is 5.41. The minimum Gasteiger partial charge on any atom is -0.494 e. The molecule has 1 aromatic rings. The first kappa shape index (κ1) is 14.9. The molecular formula is C16H24N2O2. The van der Waals surface area contributed by atoms with Crippen molar-refractivity contribution in [2.24, 2.45) is 11.7 Å². The van der Waals surface area contributed by atoms with Crippen LogP contribution in [0.4, 0.5) is 0 Å². The van der Waals surface area contributed by atoms with E-state index in [1.165, 1.54) is 5.56 Å². The molecule has 1 aliphatic carbocycles. The van der Waals surface area contributed by atoms with Gasteiger partial charge in [0.2, 0.25) is 5.91 Å². The minimum absolute atomic E-state index is 0.0820. The van der Waals surface area contributed by atoms with Gasteiger partial charge in [-0.1, -0.05) is 12.1 Å². The van der Waals surface area contributed by atoms with Crippen LogP contribution in [0.5, 0.6) is 5.75 Å². The zero-order valence-corrected chi connectivity index (χ0v) is 12.1. The molecule has 1 aromatic carbocycles. The van der Waals surface area contributed by atoms with Crippen molar-refractivity contribution in [3.8, 4) is 5.75 Å². The first-order valence-electron chi connectivity index (χ1n) is 7.43. The Morgan fingerprint density at radius 2 is 1.90 bits per heavy atom. The molecule has 1 fully saturated rings. The van der Waals surface area contributed by atoms with E-state index in [1.54, 1.807) is 0 Å². The van der Waals surface area contributed by atoms with Crippen LogP contribution in [0.25, 0.3) is 0 Å². The zero-order valence-electron chi connectivity index (χ0n) is 12.1. The number of carbonyl (C=O) groups excluding carboxylic acids is 1. The van der Waals surface area contributed by atoms with Crippen LogP contribution < -0.4 is 15.8 Å². The normalized spacial score (nSPS) is 22.4. The number of rotatable bonds is 6. The van der Waals surface area contributed by atoms with Gasteiger partial charge in [-0.15, -0.1) is 0 Å². The lowest BCUT2D eigenvalue weighted by Gasteiger charge is -2.27. The van der Waals surface area contributed by atoms with Crippen LogP contribution in [0, 0.1) is 5.92 Å². The van der Waals surface area contributed by atoms with Gasteiger partial charge >= 0.3 is 0 Å². The molecule has 0 aliphatic heterocycles. The van der Waals surface area contributed by atoms with Crippen molar-refractivity contribution in [2.45, 2.75) is 45.2 Å². The van der Waals surface area contributed by atoms with Gasteiger partial charge in [0.25, 0.3) is 0 Å². The summed E-state index contributed by atoms with van der Waals surface area (Å²) in [5, 5.41) is 3.56. The molecule has 0 radical (unpaired) electrons. The topological polar surface area (TPSA) is 64.3 Å². The van der Waals surface area contributed by atoms with Gasteiger partial charge in [0, 0.05) is 18.5 Å². The molecule has 0 saturated heterocycles. The van der Waals surface area contributed by atoms with Crippen LogP contribution in [0.3, 0.4) is 0 Å². The van der Waals surface area contributed by atoms with Crippen molar-refractivity contribution in [3.05, 3.63) is 29.8 Å². The largest absolute Gasteiger partial charge is 0.494 e. The van der Waals surface area contributed by atoms with Crippen molar-refractivity contribution >= 4 is 5.91 Å². The van der Waals surface area contributed by atoms with Crippen molar-refractivity contribution in [3.63, 3.8) is 0 Å². The first-order chi connectivity index (χ1) is 9.69. The summed E-state index contributed by atoms with van der Waals surface area (Å²) in [4.78, 5) is 11.1. The summed E-state index contributed by atoms with van der Waals surface area (Å²) in [6.07, 6.45) is 3.89. The maximum absolute atomic E-state index is 11.1. The number of benzene rings is 1. The number of ether oxygens (including phenoxy) is 1. The number of nitrogens with one attached hydrogen (secondary N) is 1. The number of primary amides is 1. The summed E-state index contributed by atoms with van der Waals surface area (Å²) in [5.74, 6) is 0.853. The Bertz CT molecular complexity index is 423. The van der Waals surface area contributed by atoms with E-state index in [0.717, 1.165) is 38.0 Å². The average Bonchev–Trinajstić information content (AvgIpc) is 2.47. The molecule has 0 bridgehead atoms. The summed E-state index contributed by atoms with van der Waals surface area (Å²) >= 11 is 0. The molecule has 1 amide bonds. The minimum atomic E-state index is -0.144. The molecule has 0 heterocycles. The Hall–Kier alpha value is -1.55. The van der Waals surface area contributed by atoms with E-state index in [0.29, 0.717) is 12.6 Å². The molecule has 1 aliphatic rings. The van der Waals surface area contributed by atoms with Gasteiger partial charge in [-0.2, -0.15) is 0 Å². The molecule has 3 N–H and O–H groups in total. The summed E-state index contributed by atoms with van der Waals surface area (Å²) in [5.41, 5.74) is 6.60. The third-order valence-corrected chi connectivity index (χ3v) is 3.96. The van der Waals surface area contributed by atoms with Crippen molar-refractivity contribution in [1.29, 1.82) is 0 Å². The highest BCUT2D eigenvalue weighted by Gasteiger charge is 2.24. The lowest BCUT2D eigenvalue weighted by atomic mass is 9.85. The van der Waals surface area contributed by atoms with Crippen molar-refractivity contribution < 1.29 is 9.53 Å². The van der Waals surface area contributed by atoms with E-state index in [9.17, 15) is 4.79 Å². The van der Waals surface area contributed by atoms with E-state index in [-0.39, 0.29) is 11.8 Å². The standard InChI is InChI=1S/C16H24N2O2/c1-2-20-15-9-3-12(4-10-15)11-18-14-7-5-13(6-8-14)16(17)19/h3-4,9-10,13-14,18H,2,5-8,11H2,1H3,(H2,17,19). The van der Waals surface area contributed by atoms with E-state index in [1.807, 2.05) is 19.1 Å². The van der Waals surface area contributed by atoms with E-state index in [2.05, 4.69) is 17.4 Å². The van der Waals surface area contributed by atoms with E-state index >= 15 is 0 Å². The number of amides is 1. The Morgan fingerprint density at radius 3 is 2.45 bits per heavy atom. The Morgan fingerprint density at radius 1 is 1.25 bits per heavy atom. The highest BCUT2D eigenvalue weighted by Crippen LogP contribution is 2.24. The predicted molar refractivity (Wildman–Crippen MR) is 79.4 cm³/mol. The van der Waals surface area contributed by atoms with Crippen LogP contribution in [0.1, 0.15) is 38.2 Å². The fourth-order valence-corrected chi connectivity index (χ4v) is 2.71. The van der Waals surface area contributed by atoms with Crippen LogP contribution in [0.15, 0.2) is 24.3 Å². The molecular weight excluding hydrogens is 252 g/mol.